The van der Waals surface area contributed by atoms with E-state index in [9.17, 15) is 0 Å². The Bertz CT molecular complexity index is 1240. The van der Waals surface area contributed by atoms with E-state index in [0.717, 1.165) is 55.8 Å². The Labute approximate surface area is 228 Å². The van der Waals surface area contributed by atoms with Gasteiger partial charge in [-0.1, -0.05) is 29.3 Å². The Kier molecular flexibility index (Phi) is 7.93. The van der Waals surface area contributed by atoms with Crippen molar-refractivity contribution in [2.45, 2.75) is 44.1 Å². The molecule has 1 aliphatic heterocycles. The summed E-state index contributed by atoms with van der Waals surface area (Å²) in [7, 11) is 5.49. The molecule has 1 aliphatic carbocycles. The summed E-state index contributed by atoms with van der Waals surface area (Å²) in [5.74, 6) is 3.46. The van der Waals surface area contributed by atoms with Gasteiger partial charge in [0.2, 0.25) is 5.95 Å². The molecular formula is C28H32Cl2N4O3. The molecule has 2 aromatic carbocycles. The first kappa shape index (κ1) is 25.9. The molecular weight excluding hydrogens is 511 g/mol. The highest BCUT2D eigenvalue weighted by atomic mass is 35.5. The molecule has 1 saturated carbocycles. The van der Waals surface area contributed by atoms with E-state index in [0.29, 0.717) is 44.9 Å². The van der Waals surface area contributed by atoms with Crippen molar-refractivity contribution in [2.75, 3.05) is 39.7 Å². The van der Waals surface area contributed by atoms with E-state index < -0.39 is 0 Å². The van der Waals surface area contributed by atoms with Gasteiger partial charge in [0, 0.05) is 17.3 Å². The molecule has 0 unspecified atom stereocenters. The van der Waals surface area contributed by atoms with E-state index in [2.05, 4.69) is 33.3 Å². The molecule has 1 saturated heterocycles. The maximum atomic E-state index is 6.68. The van der Waals surface area contributed by atoms with Crippen LogP contribution in [0.2, 0.25) is 10.0 Å². The zero-order valence-electron chi connectivity index (χ0n) is 21.4. The van der Waals surface area contributed by atoms with Gasteiger partial charge in [-0.05, 0) is 80.9 Å². The third-order valence-corrected chi connectivity index (χ3v) is 8.04. The van der Waals surface area contributed by atoms with Crippen molar-refractivity contribution in [2.24, 2.45) is 0 Å². The molecule has 9 heteroatoms. The summed E-state index contributed by atoms with van der Waals surface area (Å²) >= 11 is 13.2. The summed E-state index contributed by atoms with van der Waals surface area (Å²) in [4.78, 5) is 11.2. The first-order valence-corrected chi connectivity index (χ1v) is 13.4. The van der Waals surface area contributed by atoms with Gasteiger partial charge in [-0.25, -0.2) is 9.97 Å². The van der Waals surface area contributed by atoms with Gasteiger partial charge >= 0.3 is 0 Å². The minimum Gasteiger partial charge on any atom is -0.496 e. The van der Waals surface area contributed by atoms with Crippen molar-refractivity contribution in [3.8, 4) is 17.2 Å². The standard InChI is InChI=1S/C28H32Cl2N4O3/c1-34-10-8-18(9-11-34)21-7-6-19(12-24(21)35-2)33-28-31-14-20(15-32-28)37-16-23-26(29)22(17-4-5-17)13-25(36-3)27(23)30/h6-7,12-15,17-18H,4-5,8-11,16H2,1-3H3,(H,31,32,33). The van der Waals surface area contributed by atoms with E-state index in [1.165, 1.54) is 5.56 Å². The number of aromatic nitrogens is 2. The lowest BCUT2D eigenvalue weighted by atomic mass is 9.89. The van der Waals surface area contributed by atoms with Crippen LogP contribution < -0.4 is 19.5 Å². The number of methoxy groups -OCH3 is 2. The van der Waals surface area contributed by atoms with Gasteiger partial charge in [0.1, 0.15) is 18.1 Å². The molecule has 1 N–H and O–H groups in total. The van der Waals surface area contributed by atoms with Crippen molar-refractivity contribution in [1.82, 2.24) is 14.9 Å². The molecule has 3 aromatic rings. The summed E-state index contributed by atoms with van der Waals surface area (Å²) in [5, 5.41) is 4.36. The first-order chi connectivity index (χ1) is 18.0. The Balaban J connectivity index is 1.24. The number of nitrogens with one attached hydrogen (secondary N) is 1. The van der Waals surface area contributed by atoms with Gasteiger partial charge in [0.25, 0.3) is 0 Å². The molecule has 7 nitrogen and oxygen atoms in total. The van der Waals surface area contributed by atoms with Crippen LogP contribution in [0.1, 0.15) is 54.2 Å². The van der Waals surface area contributed by atoms with Crippen molar-refractivity contribution in [3.05, 3.63) is 63.4 Å². The van der Waals surface area contributed by atoms with E-state index >= 15 is 0 Å². The van der Waals surface area contributed by atoms with Crippen LogP contribution in [-0.2, 0) is 6.61 Å². The zero-order valence-corrected chi connectivity index (χ0v) is 22.9. The predicted molar refractivity (Wildman–Crippen MR) is 147 cm³/mol. The van der Waals surface area contributed by atoms with Gasteiger partial charge in [-0.2, -0.15) is 0 Å². The number of benzene rings is 2. The minimum atomic E-state index is 0.195. The number of hydrogen-bond acceptors (Lipinski definition) is 7. The smallest absolute Gasteiger partial charge is 0.227 e. The molecule has 0 bridgehead atoms. The lowest BCUT2D eigenvalue weighted by Crippen LogP contribution is -2.29. The second-order valence-corrected chi connectivity index (χ2v) is 10.5. The lowest BCUT2D eigenvalue weighted by molar-refractivity contribution is 0.252. The van der Waals surface area contributed by atoms with Gasteiger partial charge in [0.15, 0.2) is 5.75 Å². The van der Waals surface area contributed by atoms with Crippen LogP contribution in [0, 0.1) is 0 Å². The van der Waals surface area contributed by atoms with Crippen LogP contribution in [0.3, 0.4) is 0 Å². The third-order valence-electron chi connectivity index (χ3n) is 7.18. The molecule has 0 radical (unpaired) electrons. The van der Waals surface area contributed by atoms with E-state index in [4.69, 9.17) is 37.4 Å². The molecule has 196 valence electrons. The second-order valence-electron chi connectivity index (χ2n) is 9.74. The number of piperidine rings is 1. The Hall–Kier alpha value is -2.74. The molecule has 0 spiro atoms. The number of ether oxygens (including phenoxy) is 3. The molecule has 0 amide bonds. The van der Waals surface area contributed by atoms with Crippen LogP contribution in [0.15, 0.2) is 36.7 Å². The quantitative estimate of drug-likeness (QED) is 0.318. The van der Waals surface area contributed by atoms with E-state index in [1.807, 2.05) is 18.2 Å². The van der Waals surface area contributed by atoms with Gasteiger partial charge in [0.05, 0.1) is 36.7 Å². The number of rotatable bonds is 9. The Morgan fingerprint density at radius 2 is 1.57 bits per heavy atom. The minimum absolute atomic E-state index is 0.195. The fourth-order valence-corrected chi connectivity index (χ4v) is 5.53. The summed E-state index contributed by atoms with van der Waals surface area (Å²) in [6.07, 6.45) is 7.78. The lowest BCUT2D eigenvalue weighted by Gasteiger charge is -2.30. The number of anilines is 2. The first-order valence-electron chi connectivity index (χ1n) is 12.6. The number of nitrogens with zero attached hydrogens (tertiary/aromatic N) is 3. The molecule has 1 aromatic heterocycles. The Morgan fingerprint density at radius 3 is 2.22 bits per heavy atom. The average Bonchev–Trinajstić information content (AvgIpc) is 3.76. The molecule has 5 rings (SSSR count). The van der Waals surface area contributed by atoms with Crippen molar-refractivity contribution in [3.63, 3.8) is 0 Å². The maximum absolute atomic E-state index is 6.68. The fourth-order valence-electron chi connectivity index (χ4n) is 4.84. The highest BCUT2D eigenvalue weighted by molar-refractivity contribution is 6.37. The van der Waals surface area contributed by atoms with E-state index in [1.54, 1.807) is 26.6 Å². The van der Waals surface area contributed by atoms with Gasteiger partial charge < -0.3 is 24.4 Å². The van der Waals surface area contributed by atoms with Crippen LogP contribution in [-0.4, -0.2) is 49.2 Å². The number of hydrogen-bond donors (Lipinski definition) is 1. The molecule has 2 heterocycles. The van der Waals surface area contributed by atoms with Crippen molar-refractivity contribution >= 4 is 34.8 Å². The van der Waals surface area contributed by atoms with E-state index in [-0.39, 0.29) is 6.61 Å². The van der Waals surface area contributed by atoms with Crippen LogP contribution in [0.4, 0.5) is 11.6 Å². The predicted octanol–water partition coefficient (Wildman–Crippen LogP) is 6.81. The van der Waals surface area contributed by atoms with Crippen LogP contribution in [0.5, 0.6) is 17.2 Å². The highest BCUT2D eigenvalue weighted by Crippen LogP contribution is 2.48. The fraction of sp³-hybridized carbons (Fsp3) is 0.429. The monoisotopic (exact) mass is 542 g/mol. The summed E-state index contributed by atoms with van der Waals surface area (Å²) in [6, 6.07) is 8.14. The summed E-state index contributed by atoms with van der Waals surface area (Å²) < 4.78 is 17.1. The maximum Gasteiger partial charge on any atom is 0.227 e. The second kappa shape index (κ2) is 11.3. The average molecular weight is 543 g/mol. The molecule has 37 heavy (non-hydrogen) atoms. The van der Waals surface area contributed by atoms with Crippen LogP contribution in [0.25, 0.3) is 0 Å². The largest absolute Gasteiger partial charge is 0.496 e. The highest BCUT2D eigenvalue weighted by Gasteiger charge is 2.29. The SMILES string of the molecule is COc1cc(Nc2ncc(OCc3c(Cl)c(OC)cc(C4CC4)c3Cl)cn2)ccc1C1CCN(C)CC1. The Morgan fingerprint density at radius 1 is 0.892 bits per heavy atom. The zero-order chi connectivity index (χ0) is 25.9. The molecule has 2 fully saturated rings. The summed E-state index contributed by atoms with van der Waals surface area (Å²) in [6.45, 7) is 2.41. The normalized spacial score (nSPS) is 16.5. The molecule has 2 aliphatic rings. The summed E-state index contributed by atoms with van der Waals surface area (Å²) in [5.41, 5.74) is 3.90. The van der Waals surface area contributed by atoms with Gasteiger partial charge in [-0.3, -0.25) is 0 Å². The number of halogens is 2. The topological polar surface area (TPSA) is 68.7 Å². The number of likely N-dealkylation sites (tertiary alicyclic amines) is 1. The van der Waals surface area contributed by atoms with Gasteiger partial charge in [-0.15, -0.1) is 0 Å². The van der Waals surface area contributed by atoms with Crippen molar-refractivity contribution < 1.29 is 14.2 Å². The third kappa shape index (κ3) is 5.89. The van der Waals surface area contributed by atoms with Crippen LogP contribution >= 0.6 is 23.2 Å². The van der Waals surface area contributed by atoms with Crippen molar-refractivity contribution in [1.29, 1.82) is 0 Å². The molecule has 0 atom stereocenters.